The summed E-state index contributed by atoms with van der Waals surface area (Å²) in [5.41, 5.74) is 3.90. The van der Waals surface area contributed by atoms with Crippen molar-refractivity contribution < 1.29 is 13.2 Å². The number of hydrogen-bond acceptors (Lipinski definition) is 4. The number of nitrogens with one attached hydrogen (secondary N) is 1. The summed E-state index contributed by atoms with van der Waals surface area (Å²) in [4.78, 5) is 15.1. The van der Waals surface area contributed by atoms with Crippen LogP contribution in [0.25, 0.3) is 0 Å². The van der Waals surface area contributed by atoms with Crippen LogP contribution in [-0.2, 0) is 34.1 Å². The van der Waals surface area contributed by atoms with Crippen LogP contribution in [0.1, 0.15) is 37.0 Å². The third kappa shape index (κ3) is 7.69. The molecular formula is C27H31ClN2O3S. The second-order valence-corrected chi connectivity index (χ2v) is 11.0. The minimum absolute atomic E-state index is 0.0557. The third-order valence-electron chi connectivity index (χ3n) is 5.53. The van der Waals surface area contributed by atoms with Crippen molar-refractivity contribution in [3.05, 3.63) is 94.5 Å². The van der Waals surface area contributed by atoms with Crippen molar-refractivity contribution in [1.82, 2.24) is 4.90 Å². The maximum Gasteiger partial charge on any atom is 0.228 e. The highest BCUT2D eigenvalue weighted by Crippen LogP contribution is 2.17. The van der Waals surface area contributed by atoms with Crippen LogP contribution in [0.2, 0.25) is 5.02 Å². The Morgan fingerprint density at radius 3 is 1.88 bits per heavy atom. The number of benzene rings is 3. The number of sulfone groups is 1. The van der Waals surface area contributed by atoms with Crippen molar-refractivity contribution >= 4 is 33.0 Å². The Morgan fingerprint density at radius 2 is 1.35 bits per heavy atom. The number of carbonyl (C=O) groups excluding carboxylic acids is 1. The van der Waals surface area contributed by atoms with Gasteiger partial charge in [-0.2, -0.15) is 0 Å². The van der Waals surface area contributed by atoms with E-state index < -0.39 is 9.84 Å². The van der Waals surface area contributed by atoms with Crippen LogP contribution in [0.3, 0.4) is 0 Å². The molecule has 1 amide bonds. The van der Waals surface area contributed by atoms with Gasteiger partial charge in [0.15, 0.2) is 9.84 Å². The molecular weight excluding hydrogens is 468 g/mol. The first-order valence-electron chi connectivity index (χ1n) is 11.5. The molecule has 0 atom stereocenters. The van der Waals surface area contributed by atoms with Gasteiger partial charge in [0, 0.05) is 23.8 Å². The summed E-state index contributed by atoms with van der Waals surface area (Å²) < 4.78 is 23.8. The molecule has 180 valence electrons. The molecule has 0 fully saturated rings. The molecule has 0 aliphatic heterocycles. The molecule has 0 aliphatic rings. The first-order chi connectivity index (χ1) is 16.3. The maximum atomic E-state index is 12.4. The lowest BCUT2D eigenvalue weighted by Gasteiger charge is -2.22. The fraction of sp³-hybridized carbons (Fsp3) is 0.296. The molecule has 0 saturated carbocycles. The number of anilines is 1. The van der Waals surface area contributed by atoms with Gasteiger partial charge in [0.25, 0.3) is 0 Å². The first-order valence-corrected chi connectivity index (χ1v) is 13.5. The molecule has 0 spiro atoms. The van der Waals surface area contributed by atoms with E-state index in [1.807, 2.05) is 36.4 Å². The van der Waals surface area contributed by atoms with Crippen molar-refractivity contribution in [1.29, 1.82) is 0 Å². The average Bonchev–Trinajstić information content (AvgIpc) is 2.82. The molecule has 3 aromatic carbocycles. The number of halogens is 1. The van der Waals surface area contributed by atoms with Crippen molar-refractivity contribution in [3.8, 4) is 0 Å². The second-order valence-electron chi connectivity index (χ2n) is 8.31. The van der Waals surface area contributed by atoms with E-state index in [9.17, 15) is 13.2 Å². The zero-order valence-corrected chi connectivity index (χ0v) is 21.2. The van der Waals surface area contributed by atoms with E-state index in [0.717, 1.165) is 42.3 Å². The first kappa shape index (κ1) is 25.9. The maximum absolute atomic E-state index is 12.4. The zero-order chi connectivity index (χ0) is 24.6. The number of carbonyl (C=O) groups is 1. The Bertz CT molecular complexity index is 1180. The molecule has 0 saturated heterocycles. The summed E-state index contributed by atoms with van der Waals surface area (Å²) in [6, 6.07) is 22.3. The average molecular weight is 499 g/mol. The summed E-state index contributed by atoms with van der Waals surface area (Å²) in [6.45, 7) is 6.44. The van der Waals surface area contributed by atoms with Crippen molar-refractivity contribution in [2.45, 2.75) is 44.7 Å². The van der Waals surface area contributed by atoms with E-state index in [-0.39, 0.29) is 23.0 Å². The van der Waals surface area contributed by atoms with E-state index in [0.29, 0.717) is 0 Å². The zero-order valence-electron chi connectivity index (χ0n) is 19.6. The molecule has 0 heterocycles. The lowest BCUT2D eigenvalue weighted by atomic mass is 10.1. The molecule has 5 nitrogen and oxygen atoms in total. The number of rotatable bonds is 11. The van der Waals surface area contributed by atoms with Crippen LogP contribution in [0.5, 0.6) is 0 Å². The van der Waals surface area contributed by atoms with E-state index in [2.05, 4.69) is 29.3 Å². The van der Waals surface area contributed by atoms with Crippen LogP contribution >= 0.6 is 11.6 Å². The predicted octanol–water partition coefficient (Wildman–Crippen LogP) is 5.73. The summed E-state index contributed by atoms with van der Waals surface area (Å²) >= 11 is 6.00. The topological polar surface area (TPSA) is 66.5 Å². The number of hydrogen-bond donors (Lipinski definition) is 1. The second kappa shape index (κ2) is 12.2. The largest absolute Gasteiger partial charge is 0.326 e. The summed E-state index contributed by atoms with van der Waals surface area (Å²) in [6.07, 6.45) is 1.24. The van der Waals surface area contributed by atoms with Crippen LogP contribution in [0.4, 0.5) is 5.69 Å². The fourth-order valence-corrected chi connectivity index (χ4v) is 4.71. The van der Waals surface area contributed by atoms with E-state index in [1.54, 1.807) is 31.2 Å². The van der Waals surface area contributed by atoms with Crippen LogP contribution in [0, 0.1) is 0 Å². The van der Waals surface area contributed by atoms with Crippen molar-refractivity contribution in [3.63, 3.8) is 0 Å². The lowest BCUT2D eigenvalue weighted by molar-refractivity contribution is -0.115. The molecule has 34 heavy (non-hydrogen) atoms. The summed E-state index contributed by atoms with van der Waals surface area (Å²) in [5, 5.41) is 3.65. The van der Waals surface area contributed by atoms with Crippen molar-refractivity contribution in [2.24, 2.45) is 0 Å². The van der Waals surface area contributed by atoms with E-state index in [4.69, 9.17) is 11.6 Å². The van der Waals surface area contributed by atoms with Crippen LogP contribution in [-0.4, -0.2) is 31.5 Å². The predicted molar refractivity (Wildman–Crippen MR) is 139 cm³/mol. The molecule has 0 radical (unpaired) electrons. The smallest absolute Gasteiger partial charge is 0.228 e. The minimum atomic E-state index is -3.24. The van der Waals surface area contributed by atoms with Crippen molar-refractivity contribution in [2.75, 3.05) is 17.6 Å². The molecule has 7 heteroatoms. The Hall–Kier alpha value is -2.67. The molecule has 1 N–H and O–H groups in total. The Labute approximate surface area is 207 Å². The molecule has 0 bridgehead atoms. The van der Waals surface area contributed by atoms with Gasteiger partial charge < -0.3 is 5.32 Å². The summed E-state index contributed by atoms with van der Waals surface area (Å²) in [7, 11) is -3.24. The van der Waals surface area contributed by atoms with Gasteiger partial charge in [-0.15, -0.1) is 0 Å². The highest BCUT2D eigenvalue weighted by atomic mass is 35.5. The minimum Gasteiger partial charge on any atom is -0.326 e. The van der Waals surface area contributed by atoms with Gasteiger partial charge in [0.1, 0.15) is 0 Å². The Balaban J connectivity index is 1.55. The molecule has 0 aliphatic carbocycles. The van der Waals surface area contributed by atoms with Crippen LogP contribution < -0.4 is 5.32 Å². The standard InChI is InChI=1S/C27H31ClN2O3S/c1-3-17-30(19-22-5-11-24(28)12-6-22)20-23-7-13-25(14-8-23)29-27(31)18-21-9-15-26(16-10-21)34(32,33)4-2/h5-16H,3-4,17-20H2,1-2H3,(H,29,31). The van der Waals surface area contributed by atoms with E-state index in [1.165, 1.54) is 11.1 Å². The SMILES string of the molecule is CCCN(Cc1ccc(Cl)cc1)Cc1ccc(NC(=O)Cc2ccc(S(=O)(=O)CC)cc2)cc1. The van der Waals surface area contributed by atoms with Gasteiger partial charge in [-0.1, -0.05) is 61.8 Å². The van der Waals surface area contributed by atoms with Gasteiger partial charge in [0.2, 0.25) is 5.91 Å². The van der Waals surface area contributed by atoms with Crippen LogP contribution in [0.15, 0.2) is 77.7 Å². The molecule has 3 rings (SSSR count). The number of nitrogens with zero attached hydrogens (tertiary/aromatic N) is 1. The van der Waals surface area contributed by atoms with Gasteiger partial charge in [-0.3, -0.25) is 9.69 Å². The molecule has 3 aromatic rings. The number of amides is 1. The lowest BCUT2D eigenvalue weighted by Crippen LogP contribution is -2.23. The van der Waals surface area contributed by atoms with E-state index >= 15 is 0 Å². The fourth-order valence-electron chi connectivity index (χ4n) is 3.70. The quantitative estimate of drug-likeness (QED) is 0.367. The highest BCUT2D eigenvalue weighted by molar-refractivity contribution is 7.91. The Morgan fingerprint density at radius 1 is 0.824 bits per heavy atom. The Kier molecular flexibility index (Phi) is 9.28. The normalized spacial score (nSPS) is 11.5. The third-order valence-corrected chi connectivity index (χ3v) is 7.53. The highest BCUT2D eigenvalue weighted by Gasteiger charge is 2.12. The monoisotopic (exact) mass is 498 g/mol. The molecule has 0 aromatic heterocycles. The van der Waals surface area contributed by atoms with Gasteiger partial charge in [0.05, 0.1) is 17.1 Å². The molecule has 0 unspecified atom stereocenters. The van der Waals surface area contributed by atoms with Gasteiger partial charge in [-0.05, 0) is 66.1 Å². The van der Waals surface area contributed by atoms with Gasteiger partial charge in [-0.25, -0.2) is 8.42 Å². The van der Waals surface area contributed by atoms with Gasteiger partial charge >= 0.3 is 0 Å². The summed E-state index contributed by atoms with van der Waals surface area (Å²) in [5.74, 6) is -0.0885.